The molecule has 0 spiro atoms. The number of aliphatic hydroxyl groups is 2. The third kappa shape index (κ3) is 5.44. The predicted molar refractivity (Wildman–Crippen MR) is 123 cm³/mol. The molecular weight excluding hydrogens is 356 g/mol. The maximum absolute atomic E-state index is 10.0. The van der Waals surface area contributed by atoms with Crippen molar-refractivity contribution in [1.29, 1.82) is 0 Å². The van der Waals surface area contributed by atoms with Gasteiger partial charge in [-0.25, -0.2) is 0 Å². The molecule has 0 radical (unpaired) electrons. The van der Waals surface area contributed by atoms with Crippen LogP contribution in [0.15, 0.2) is 35.5 Å². The second kappa shape index (κ2) is 9.10. The minimum absolute atomic E-state index is 0.192. The molecule has 0 heterocycles. The van der Waals surface area contributed by atoms with Crippen LogP contribution in [0.3, 0.4) is 0 Å². The second-order valence-corrected chi connectivity index (χ2v) is 11.2. The molecule has 0 bridgehead atoms. The van der Waals surface area contributed by atoms with E-state index in [1.165, 1.54) is 49.7 Å². The monoisotopic (exact) mass is 400 g/mol. The van der Waals surface area contributed by atoms with Crippen LogP contribution in [0, 0.1) is 23.2 Å². The highest BCUT2D eigenvalue weighted by atomic mass is 16.3. The largest absolute Gasteiger partial charge is 0.393 e. The van der Waals surface area contributed by atoms with Crippen molar-refractivity contribution in [3.8, 4) is 0 Å². The van der Waals surface area contributed by atoms with Crippen molar-refractivity contribution < 1.29 is 10.2 Å². The van der Waals surface area contributed by atoms with Crippen molar-refractivity contribution in [2.45, 2.75) is 110 Å². The summed E-state index contributed by atoms with van der Waals surface area (Å²) in [5, 5.41) is 20.1. The molecule has 0 amide bonds. The average molecular weight is 401 g/mol. The van der Waals surface area contributed by atoms with Crippen LogP contribution in [-0.4, -0.2) is 21.9 Å². The summed E-state index contributed by atoms with van der Waals surface area (Å²) in [7, 11) is 0. The van der Waals surface area contributed by atoms with Gasteiger partial charge in [0, 0.05) is 0 Å². The van der Waals surface area contributed by atoms with Gasteiger partial charge >= 0.3 is 0 Å². The lowest BCUT2D eigenvalue weighted by Gasteiger charge is -2.44. The maximum atomic E-state index is 10.0. The standard InChI is InChI=1S/C27H44O2/c1-19-10-13-23(28)18-22(19)12-11-21-9-7-17-27(5)24(14-15-25(21)27)20(2)8-6-16-26(3,4)29/h11-12,20,23-25,28-29H,1,6-10,13-18H2,2-5H3/t20-,23?,24-,25+,27-/m1/s1. The first kappa shape index (κ1) is 22.8. The molecule has 3 saturated carbocycles. The van der Waals surface area contributed by atoms with Gasteiger partial charge in [-0.05, 0) is 100 Å². The summed E-state index contributed by atoms with van der Waals surface area (Å²) in [5.74, 6) is 2.26. The van der Waals surface area contributed by atoms with E-state index in [0.29, 0.717) is 5.41 Å². The van der Waals surface area contributed by atoms with Gasteiger partial charge in [-0.15, -0.1) is 0 Å². The van der Waals surface area contributed by atoms with Gasteiger partial charge in [0.1, 0.15) is 0 Å². The van der Waals surface area contributed by atoms with E-state index in [1.54, 1.807) is 5.57 Å². The predicted octanol–water partition coefficient (Wildman–Crippen LogP) is 6.73. The molecule has 164 valence electrons. The quantitative estimate of drug-likeness (QED) is 0.518. The van der Waals surface area contributed by atoms with Crippen LogP contribution in [0.1, 0.15) is 98.3 Å². The van der Waals surface area contributed by atoms with E-state index in [0.717, 1.165) is 49.9 Å². The molecule has 0 saturated heterocycles. The molecule has 0 aromatic rings. The maximum Gasteiger partial charge on any atom is 0.0591 e. The Morgan fingerprint density at radius 1 is 1.21 bits per heavy atom. The van der Waals surface area contributed by atoms with E-state index < -0.39 is 5.60 Å². The Morgan fingerprint density at radius 2 is 1.97 bits per heavy atom. The van der Waals surface area contributed by atoms with Crippen molar-refractivity contribution in [3.63, 3.8) is 0 Å². The zero-order valence-electron chi connectivity index (χ0n) is 19.3. The van der Waals surface area contributed by atoms with E-state index >= 15 is 0 Å². The van der Waals surface area contributed by atoms with Crippen molar-refractivity contribution in [3.05, 3.63) is 35.5 Å². The van der Waals surface area contributed by atoms with E-state index in [9.17, 15) is 10.2 Å². The highest BCUT2D eigenvalue weighted by Crippen LogP contribution is 2.60. The third-order valence-corrected chi connectivity index (χ3v) is 8.36. The molecule has 0 aliphatic heterocycles. The summed E-state index contributed by atoms with van der Waals surface area (Å²) in [6.07, 6.45) is 16.9. The van der Waals surface area contributed by atoms with Crippen LogP contribution in [0.2, 0.25) is 0 Å². The number of allylic oxidation sites excluding steroid dienone is 4. The third-order valence-electron chi connectivity index (χ3n) is 8.36. The zero-order valence-corrected chi connectivity index (χ0v) is 19.3. The highest BCUT2D eigenvalue weighted by molar-refractivity contribution is 5.36. The molecule has 29 heavy (non-hydrogen) atoms. The van der Waals surface area contributed by atoms with Crippen molar-refractivity contribution in [1.82, 2.24) is 0 Å². The Labute approximate surface area is 179 Å². The fourth-order valence-electron chi connectivity index (χ4n) is 6.67. The Bertz CT molecular complexity index is 650. The summed E-state index contributed by atoms with van der Waals surface area (Å²) < 4.78 is 0. The van der Waals surface area contributed by atoms with E-state index in [2.05, 4.69) is 32.6 Å². The van der Waals surface area contributed by atoms with Gasteiger partial charge in [-0.1, -0.05) is 56.6 Å². The normalized spacial score (nSPS) is 37.2. The summed E-state index contributed by atoms with van der Waals surface area (Å²) in [6.45, 7) is 13.1. The van der Waals surface area contributed by atoms with Crippen LogP contribution in [0.25, 0.3) is 0 Å². The molecule has 2 N–H and O–H groups in total. The first-order valence-corrected chi connectivity index (χ1v) is 12.1. The van der Waals surface area contributed by atoms with E-state index in [1.807, 2.05) is 13.8 Å². The molecule has 2 nitrogen and oxygen atoms in total. The molecule has 5 atom stereocenters. The molecule has 0 aromatic carbocycles. The van der Waals surface area contributed by atoms with Gasteiger partial charge in [-0.2, -0.15) is 0 Å². The van der Waals surface area contributed by atoms with Crippen molar-refractivity contribution in [2.75, 3.05) is 0 Å². The SMILES string of the molecule is C=C1CCC(O)CC1=CC=C1CCC[C@]2(C)[C@@H]([C@H](C)CCCC(C)(C)O)CC[C@@H]12. The van der Waals surface area contributed by atoms with Crippen LogP contribution < -0.4 is 0 Å². The molecule has 3 rings (SSSR count). The summed E-state index contributed by atoms with van der Waals surface area (Å²) in [6, 6.07) is 0. The Balaban J connectivity index is 1.68. The van der Waals surface area contributed by atoms with Gasteiger partial charge in [0.15, 0.2) is 0 Å². The van der Waals surface area contributed by atoms with Gasteiger partial charge < -0.3 is 10.2 Å². The van der Waals surface area contributed by atoms with E-state index in [-0.39, 0.29) is 6.10 Å². The second-order valence-electron chi connectivity index (χ2n) is 11.2. The summed E-state index contributed by atoms with van der Waals surface area (Å²) >= 11 is 0. The van der Waals surface area contributed by atoms with Gasteiger partial charge in [0.2, 0.25) is 0 Å². The molecule has 1 unspecified atom stereocenters. The molecule has 2 heteroatoms. The molecule has 0 aromatic heterocycles. The van der Waals surface area contributed by atoms with Crippen LogP contribution >= 0.6 is 0 Å². The summed E-state index contributed by atoms with van der Waals surface area (Å²) in [4.78, 5) is 0. The number of hydrogen-bond donors (Lipinski definition) is 2. The van der Waals surface area contributed by atoms with Gasteiger partial charge in [0.25, 0.3) is 0 Å². The zero-order chi connectivity index (χ0) is 21.2. The van der Waals surface area contributed by atoms with Gasteiger partial charge in [0.05, 0.1) is 11.7 Å². The smallest absolute Gasteiger partial charge is 0.0591 e. The number of rotatable bonds is 6. The lowest BCUT2D eigenvalue weighted by Crippen LogP contribution is -2.36. The fourth-order valence-corrected chi connectivity index (χ4v) is 6.67. The first-order valence-electron chi connectivity index (χ1n) is 12.1. The molecule has 3 aliphatic carbocycles. The van der Waals surface area contributed by atoms with Crippen LogP contribution in [0.5, 0.6) is 0 Å². The first-order chi connectivity index (χ1) is 13.6. The number of fused-ring (bicyclic) bond motifs is 1. The molecule has 3 aliphatic rings. The Hall–Kier alpha value is -0.860. The van der Waals surface area contributed by atoms with E-state index in [4.69, 9.17) is 0 Å². The van der Waals surface area contributed by atoms with Crippen LogP contribution in [-0.2, 0) is 0 Å². The Kier molecular flexibility index (Phi) is 7.16. The average Bonchev–Trinajstić information content (AvgIpc) is 2.99. The lowest BCUT2D eigenvalue weighted by molar-refractivity contribution is 0.0596. The Morgan fingerprint density at radius 3 is 2.69 bits per heavy atom. The van der Waals surface area contributed by atoms with Crippen LogP contribution in [0.4, 0.5) is 0 Å². The highest BCUT2D eigenvalue weighted by Gasteiger charge is 2.50. The van der Waals surface area contributed by atoms with Crippen molar-refractivity contribution in [2.24, 2.45) is 23.2 Å². The minimum atomic E-state index is -0.535. The molecule has 3 fully saturated rings. The van der Waals surface area contributed by atoms with Gasteiger partial charge in [-0.3, -0.25) is 0 Å². The van der Waals surface area contributed by atoms with Crippen molar-refractivity contribution >= 4 is 0 Å². The number of aliphatic hydroxyl groups excluding tert-OH is 1. The molecular formula is C27H44O2. The lowest BCUT2D eigenvalue weighted by atomic mass is 9.60. The topological polar surface area (TPSA) is 40.5 Å². The number of hydrogen-bond acceptors (Lipinski definition) is 2. The minimum Gasteiger partial charge on any atom is -0.393 e. The fraction of sp³-hybridized carbons (Fsp3) is 0.778. The summed E-state index contributed by atoms with van der Waals surface area (Å²) in [5.41, 5.74) is 4.02.